The van der Waals surface area contributed by atoms with E-state index in [1.54, 1.807) is 0 Å². The van der Waals surface area contributed by atoms with Crippen LogP contribution in [0.4, 0.5) is 0 Å². The molecule has 0 saturated carbocycles. The molecule has 0 aromatic carbocycles. The smallest absolute Gasteiger partial charge is 0.0670 e. The normalized spacial score (nSPS) is 26.9. The van der Waals surface area contributed by atoms with Gasteiger partial charge in [-0.15, -0.1) is 0 Å². The summed E-state index contributed by atoms with van der Waals surface area (Å²) in [6, 6.07) is 0. The Morgan fingerprint density at radius 3 is 1.83 bits per heavy atom. The summed E-state index contributed by atoms with van der Waals surface area (Å²) in [6.07, 6.45) is 4.38. The van der Waals surface area contributed by atoms with Crippen molar-refractivity contribution >= 4 is 0 Å². The van der Waals surface area contributed by atoms with Crippen molar-refractivity contribution in [3.8, 4) is 0 Å². The first-order valence-corrected chi connectivity index (χ1v) is 4.69. The van der Waals surface area contributed by atoms with E-state index < -0.39 is 0 Å². The lowest BCUT2D eigenvalue weighted by Gasteiger charge is -2.42. The van der Waals surface area contributed by atoms with E-state index >= 15 is 0 Å². The molecule has 0 aliphatic carbocycles. The van der Waals surface area contributed by atoms with Crippen molar-refractivity contribution in [1.29, 1.82) is 0 Å². The van der Waals surface area contributed by atoms with E-state index in [0.717, 1.165) is 12.8 Å². The summed E-state index contributed by atoms with van der Waals surface area (Å²) < 4.78 is 5.95. The van der Waals surface area contributed by atoms with E-state index in [1.165, 1.54) is 5.57 Å². The van der Waals surface area contributed by atoms with Crippen LogP contribution in [0.15, 0.2) is 11.6 Å². The van der Waals surface area contributed by atoms with E-state index in [2.05, 4.69) is 40.7 Å². The summed E-state index contributed by atoms with van der Waals surface area (Å²) in [5.74, 6) is 0. The van der Waals surface area contributed by atoms with Crippen molar-refractivity contribution in [2.75, 3.05) is 0 Å². The summed E-state index contributed by atoms with van der Waals surface area (Å²) in [7, 11) is 0. The topological polar surface area (TPSA) is 9.23 Å². The van der Waals surface area contributed by atoms with Gasteiger partial charge in [-0.2, -0.15) is 0 Å². The third kappa shape index (κ3) is 2.34. The molecular formula is C11H20O. The van der Waals surface area contributed by atoms with Crippen LogP contribution in [0, 0.1) is 0 Å². The Hall–Kier alpha value is -0.300. The number of hydrogen-bond acceptors (Lipinski definition) is 1. The minimum atomic E-state index is 0.0175. The average Bonchev–Trinajstić information content (AvgIpc) is 1.80. The zero-order chi connectivity index (χ0) is 9.41. The summed E-state index contributed by atoms with van der Waals surface area (Å²) in [5, 5.41) is 0. The molecule has 1 aliphatic rings. The van der Waals surface area contributed by atoms with Gasteiger partial charge in [-0.25, -0.2) is 0 Å². The predicted octanol–water partition coefficient (Wildman–Crippen LogP) is 3.30. The second kappa shape index (κ2) is 2.88. The summed E-state index contributed by atoms with van der Waals surface area (Å²) >= 11 is 0. The van der Waals surface area contributed by atoms with Gasteiger partial charge in [0.25, 0.3) is 0 Å². The van der Waals surface area contributed by atoms with Crippen LogP contribution in [0.5, 0.6) is 0 Å². The van der Waals surface area contributed by atoms with E-state index in [1.807, 2.05) is 0 Å². The quantitative estimate of drug-likeness (QED) is 0.504. The van der Waals surface area contributed by atoms with Crippen LogP contribution in [0.3, 0.4) is 0 Å². The van der Waals surface area contributed by atoms with Crippen LogP contribution < -0.4 is 0 Å². The van der Waals surface area contributed by atoms with Crippen molar-refractivity contribution in [1.82, 2.24) is 0 Å². The van der Waals surface area contributed by atoms with E-state index in [9.17, 15) is 0 Å². The molecule has 0 radical (unpaired) electrons. The zero-order valence-electron chi connectivity index (χ0n) is 8.90. The number of rotatable bonds is 0. The highest BCUT2D eigenvalue weighted by molar-refractivity contribution is 5.11. The van der Waals surface area contributed by atoms with Crippen molar-refractivity contribution < 1.29 is 4.74 Å². The second-order valence-electron chi connectivity index (χ2n) is 4.92. The Bertz CT molecular complexity index is 181. The van der Waals surface area contributed by atoms with Gasteiger partial charge < -0.3 is 4.74 Å². The highest BCUT2D eigenvalue weighted by Gasteiger charge is 2.35. The van der Waals surface area contributed by atoms with Crippen LogP contribution in [0.1, 0.15) is 47.5 Å². The summed E-state index contributed by atoms with van der Waals surface area (Å²) in [6.45, 7) is 10.8. The molecule has 1 nitrogen and oxygen atoms in total. The summed E-state index contributed by atoms with van der Waals surface area (Å²) in [5.41, 5.74) is 1.56. The molecular weight excluding hydrogens is 148 g/mol. The SMILES string of the molecule is CC=C1CC(C)(C)OC(C)(C)C1. The molecule has 1 aliphatic heterocycles. The van der Waals surface area contributed by atoms with Crippen molar-refractivity contribution in [3.05, 3.63) is 11.6 Å². The molecule has 0 bridgehead atoms. The highest BCUT2D eigenvalue weighted by Crippen LogP contribution is 2.37. The largest absolute Gasteiger partial charge is 0.369 e. The molecule has 0 aromatic rings. The van der Waals surface area contributed by atoms with Gasteiger partial charge in [0.15, 0.2) is 0 Å². The minimum Gasteiger partial charge on any atom is -0.369 e. The van der Waals surface area contributed by atoms with Gasteiger partial charge in [0.1, 0.15) is 0 Å². The molecule has 1 heterocycles. The van der Waals surface area contributed by atoms with E-state index in [-0.39, 0.29) is 11.2 Å². The zero-order valence-corrected chi connectivity index (χ0v) is 8.90. The Balaban J connectivity index is 2.80. The minimum absolute atomic E-state index is 0.0175. The lowest BCUT2D eigenvalue weighted by Crippen LogP contribution is -2.42. The maximum atomic E-state index is 5.95. The Labute approximate surface area is 75.8 Å². The lowest BCUT2D eigenvalue weighted by molar-refractivity contribution is -0.139. The fourth-order valence-electron chi connectivity index (χ4n) is 2.18. The maximum absolute atomic E-state index is 5.95. The number of hydrogen-bond donors (Lipinski definition) is 0. The van der Waals surface area contributed by atoms with Gasteiger partial charge in [0, 0.05) is 0 Å². The molecule has 0 spiro atoms. The van der Waals surface area contributed by atoms with Gasteiger partial charge in [-0.05, 0) is 47.5 Å². The first-order chi connectivity index (χ1) is 5.35. The summed E-state index contributed by atoms with van der Waals surface area (Å²) in [4.78, 5) is 0. The van der Waals surface area contributed by atoms with Crippen molar-refractivity contribution in [2.45, 2.75) is 58.7 Å². The molecule has 70 valence electrons. The number of allylic oxidation sites excluding steroid dienone is 1. The standard InChI is InChI=1S/C11H20O/c1-6-9-7-10(2,3)12-11(4,5)8-9/h6H,7-8H2,1-5H3. The molecule has 1 saturated heterocycles. The van der Waals surface area contributed by atoms with E-state index in [0.29, 0.717) is 0 Å². The maximum Gasteiger partial charge on any atom is 0.0670 e. The number of ether oxygens (including phenoxy) is 1. The molecule has 0 atom stereocenters. The molecule has 0 amide bonds. The third-order valence-electron chi connectivity index (χ3n) is 2.27. The van der Waals surface area contributed by atoms with Gasteiger partial charge in [0.05, 0.1) is 11.2 Å². The van der Waals surface area contributed by atoms with Gasteiger partial charge in [-0.3, -0.25) is 0 Å². The van der Waals surface area contributed by atoms with Crippen LogP contribution in [0.2, 0.25) is 0 Å². The van der Waals surface area contributed by atoms with Gasteiger partial charge in [0.2, 0.25) is 0 Å². The fourth-order valence-corrected chi connectivity index (χ4v) is 2.18. The van der Waals surface area contributed by atoms with Gasteiger partial charge in [-0.1, -0.05) is 11.6 Å². The second-order valence-corrected chi connectivity index (χ2v) is 4.92. The first kappa shape index (κ1) is 9.79. The van der Waals surface area contributed by atoms with Crippen LogP contribution in [0.25, 0.3) is 0 Å². The molecule has 12 heavy (non-hydrogen) atoms. The van der Waals surface area contributed by atoms with E-state index in [4.69, 9.17) is 4.74 Å². The van der Waals surface area contributed by atoms with Crippen molar-refractivity contribution in [3.63, 3.8) is 0 Å². The third-order valence-corrected chi connectivity index (χ3v) is 2.27. The molecule has 0 aromatic heterocycles. The molecule has 0 N–H and O–H groups in total. The Kier molecular flexibility index (Phi) is 2.35. The predicted molar refractivity (Wildman–Crippen MR) is 52.2 cm³/mol. The molecule has 1 heteroatoms. The molecule has 1 fully saturated rings. The Morgan fingerprint density at radius 2 is 1.50 bits per heavy atom. The lowest BCUT2D eigenvalue weighted by atomic mass is 9.85. The molecule has 0 unspecified atom stereocenters. The van der Waals surface area contributed by atoms with Crippen molar-refractivity contribution in [2.24, 2.45) is 0 Å². The van der Waals surface area contributed by atoms with Crippen LogP contribution in [-0.4, -0.2) is 11.2 Å². The average molecular weight is 168 g/mol. The first-order valence-electron chi connectivity index (χ1n) is 4.69. The molecule has 1 rings (SSSR count). The fraction of sp³-hybridized carbons (Fsp3) is 0.818. The monoisotopic (exact) mass is 168 g/mol. The van der Waals surface area contributed by atoms with Crippen LogP contribution in [-0.2, 0) is 4.74 Å². The Morgan fingerprint density at radius 1 is 1.08 bits per heavy atom. The highest BCUT2D eigenvalue weighted by atomic mass is 16.5. The van der Waals surface area contributed by atoms with Gasteiger partial charge >= 0.3 is 0 Å². The van der Waals surface area contributed by atoms with Crippen LogP contribution >= 0.6 is 0 Å².